The lowest BCUT2D eigenvalue weighted by molar-refractivity contribution is -0.116. The van der Waals surface area contributed by atoms with E-state index in [1.54, 1.807) is 0 Å². The topological polar surface area (TPSA) is 102 Å². The maximum atomic E-state index is 12.9. The largest absolute Gasteiger partial charge is 0.407 e. The van der Waals surface area contributed by atoms with E-state index in [1.165, 1.54) is 17.7 Å². The Labute approximate surface area is 174 Å². The zero-order chi connectivity index (χ0) is 21.6. The molecule has 0 spiro atoms. The van der Waals surface area contributed by atoms with Crippen LogP contribution in [0.4, 0.5) is 10.4 Å². The molecule has 1 amide bonds. The lowest BCUT2D eigenvalue weighted by atomic mass is 10.1. The Bertz CT molecular complexity index is 1090. The molecule has 1 N–H and O–H groups in total. The number of halogens is 1. The van der Waals surface area contributed by atoms with Gasteiger partial charge in [0.15, 0.2) is 9.84 Å². The minimum atomic E-state index is -3.58. The Hall–Kier alpha value is -3.07. The van der Waals surface area contributed by atoms with Gasteiger partial charge in [-0.1, -0.05) is 36.3 Å². The van der Waals surface area contributed by atoms with Gasteiger partial charge in [0.25, 0.3) is 0 Å². The van der Waals surface area contributed by atoms with E-state index in [1.807, 2.05) is 24.3 Å². The molecule has 3 aromatic rings. The minimum Gasteiger partial charge on any atom is -0.407 e. The minimum absolute atomic E-state index is 0.0258. The van der Waals surface area contributed by atoms with E-state index in [-0.39, 0.29) is 29.5 Å². The molecule has 2 aromatic carbocycles. The van der Waals surface area contributed by atoms with Gasteiger partial charge in [-0.15, -0.1) is 5.10 Å². The van der Waals surface area contributed by atoms with Gasteiger partial charge in [-0.2, -0.15) is 0 Å². The van der Waals surface area contributed by atoms with Crippen LogP contribution in [0.15, 0.2) is 57.8 Å². The number of nitrogens with zero attached hydrogens (tertiary/aromatic N) is 2. The average molecular weight is 431 g/mol. The smallest absolute Gasteiger partial charge is 0.322 e. The van der Waals surface area contributed by atoms with E-state index in [2.05, 4.69) is 22.4 Å². The molecule has 7 nitrogen and oxygen atoms in total. The van der Waals surface area contributed by atoms with Gasteiger partial charge in [-0.3, -0.25) is 10.1 Å². The quantitative estimate of drug-likeness (QED) is 0.520. The molecule has 0 saturated heterocycles. The van der Waals surface area contributed by atoms with Gasteiger partial charge in [0.2, 0.25) is 11.8 Å². The number of benzene rings is 2. The van der Waals surface area contributed by atoms with E-state index in [0.29, 0.717) is 12.3 Å². The van der Waals surface area contributed by atoms with Crippen LogP contribution in [0.1, 0.15) is 36.8 Å². The fourth-order valence-electron chi connectivity index (χ4n) is 2.81. The normalized spacial score (nSPS) is 11.4. The summed E-state index contributed by atoms with van der Waals surface area (Å²) in [6.45, 7) is 2.08. The van der Waals surface area contributed by atoms with Crippen LogP contribution < -0.4 is 5.32 Å². The van der Waals surface area contributed by atoms with Crippen LogP contribution in [0, 0.1) is 5.82 Å². The molecule has 0 unspecified atom stereocenters. The average Bonchev–Trinajstić information content (AvgIpc) is 3.15. The molecule has 0 aliphatic heterocycles. The molecule has 1 heterocycles. The lowest BCUT2D eigenvalue weighted by Gasteiger charge is -2.04. The fourth-order valence-corrected chi connectivity index (χ4v) is 4.12. The van der Waals surface area contributed by atoms with Crippen molar-refractivity contribution in [1.82, 2.24) is 10.2 Å². The summed E-state index contributed by atoms with van der Waals surface area (Å²) in [5.74, 6) is -0.792. The van der Waals surface area contributed by atoms with E-state index >= 15 is 0 Å². The Kier molecular flexibility index (Phi) is 6.94. The summed E-state index contributed by atoms with van der Waals surface area (Å²) in [5.41, 5.74) is 2.25. The predicted octanol–water partition coefficient (Wildman–Crippen LogP) is 3.55. The lowest BCUT2D eigenvalue weighted by Crippen LogP contribution is -2.14. The number of aryl methyl sites for hydroxylation is 1. The Morgan fingerprint density at radius 1 is 1.03 bits per heavy atom. The number of nitrogens with one attached hydrogen (secondary N) is 1. The van der Waals surface area contributed by atoms with E-state index in [9.17, 15) is 17.6 Å². The van der Waals surface area contributed by atoms with Crippen molar-refractivity contribution in [2.75, 3.05) is 11.1 Å². The van der Waals surface area contributed by atoms with Crippen LogP contribution in [-0.2, 0) is 27.5 Å². The molecule has 158 valence electrons. The van der Waals surface area contributed by atoms with Crippen LogP contribution in [0.5, 0.6) is 0 Å². The van der Waals surface area contributed by atoms with Crippen molar-refractivity contribution in [3.8, 4) is 0 Å². The van der Waals surface area contributed by atoms with Gasteiger partial charge in [-0.25, -0.2) is 12.8 Å². The summed E-state index contributed by atoms with van der Waals surface area (Å²) in [6, 6.07) is 12.6. The second-order valence-electron chi connectivity index (χ2n) is 6.77. The van der Waals surface area contributed by atoms with Gasteiger partial charge >= 0.3 is 6.01 Å². The third-order valence-corrected chi connectivity index (χ3v) is 6.31. The first-order chi connectivity index (χ1) is 14.4. The summed E-state index contributed by atoms with van der Waals surface area (Å²) >= 11 is 0. The van der Waals surface area contributed by atoms with Gasteiger partial charge < -0.3 is 4.42 Å². The second kappa shape index (κ2) is 9.62. The first-order valence-corrected chi connectivity index (χ1v) is 11.2. The van der Waals surface area contributed by atoms with Gasteiger partial charge in [-0.05, 0) is 48.2 Å². The molecule has 0 saturated carbocycles. The third kappa shape index (κ3) is 5.96. The summed E-state index contributed by atoms with van der Waals surface area (Å²) < 4.78 is 42.8. The summed E-state index contributed by atoms with van der Waals surface area (Å²) in [6.07, 6.45) is 1.48. The molecule has 30 heavy (non-hydrogen) atoms. The summed E-state index contributed by atoms with van der Waals surface area (Å²) in [4.78, 5) is 12.1. The molecule has 0 fully saturated rings. The van der Waals surface area contributed by atoms with Gasteiger partial charge in [0, 0.05) is 6.42 Å². The highest BCUT2D eigenvalue weighted by Crippen LogP contribution is 2.15. The highest BCUT2D eigenvalue weighted by Gasteiger charge is 2.16. The van der Waals surface area contributed by atoms with Crippen LogP contribution in [0.2, 0.25) is 0 Å². The van der Waals surface area contributed by atoms with Crippen molar-refractivity contribution >= 4 is 21.8 Å². The van der Waals surface area contributed by atoms with Crippen molar-refractivity contribution in [2.24, 2.45) is 0 Å². The molecule has 9 heteroatoms. The van der Waals surface area contributed by atoms with Gasteiger partial charge in [0.1, 0.15) is 5.82 Å². The molecule has 0 atom stereocenters. The van der Waals surface area contributed by atoms with Crippen LogP contribution in [0.25, 0.3) is 0 Å². The first-order valence-electron chi connectivity index (χ1n) is 9.54. The van der Waals surface area contributed by atoms with Crippen LogP contribution in [0.3, 0.4) is 0 Å². The van der Waals surface area contributed by atoms with E-state index < -0.39 is 21.6 Å². The van der Waals surface area contributed by atoms with Crippen LogP contribution >= 0.6 is 0 Å². The zero-order valence-electron chi connectivity index (χ0n) is 16.5. The molecule has 3 rings (SSSR count). The summed E-state index contributed by atoms with van der Waals surface area (Å²) in [7, 11) is -3.58. The monoisotopic (exact) mass is 431 g/mol. The Morgan fingerprint density at radius 2 is 1.70 bits per heavy atom. The summed E-state index contributed by atoms with van der Waals surface area (Å²) in [5, 5.41) is 10.2. The van der Waals surface area contributed by atoms with Crippen molar-refractivity contribution in [2.45, 2.75) is 37.5 Å². The fraction of sp³-hybridized carbons (Fsp3) is 0.286. The number of rotatable bonds is 9. The predicted molar refractivity (Wildman–Crippen MR) is 109 cm³/mol. The number of amides is 1. The molecule has 1 aromatic heterocycles. The number of sulfone groups is 1. The molecular formula is C21H22FN3O4S. The highest BCUT2D eigenvalue weighted by atomic mass is 32.2. The van der Waals surface area contributed by atoms with Crippen LogP contribution in [-0.4, -0.2) is 30.3 Å². The number of hydrogen-bond acceptors (Lipinski definition) is 6. The molecule has 0 radical (unpaired) electrons. The highest BCUT2D eigenvalue weighted by molar-refractivity contribution is 7.91. The maximum absolute atomic E-state index is 12.9. The number of carbonyl (C=O) groups excluding carboxylic acids is 1. The molecule has 0 aliphatic carbocycles. The van der Waals surface area contributed by atoms with E-state index in [0.717, 1.165) is 24.1 Å². The second-order valence-corrected chi connectivity index (χ2v) is 8.88. The van der Waals surface area contributed by atoms with Crippen molar-refractivity contribution in [3.63, 3.8) is 0 Å². The maximum Gasteiger partial charge on any atom is 0.322 e. The zero-order valence-corrected chi connectivity index (χ0v) is 17.3. The Balaban J connectivity index is 1.47. The van der Waals surface area contributed by atoms with Gasteiger partial charge in [0.05, 0.1) is 17.1 Å². The molecule has 0 bridgehead atoms. The SMILES string of the molecule is CCc1ccc(Cc2nnc(NC(=O)CCCS(=O)(=O)c3ccc(F)cc3)o2)cc1. The Morgan fingerprint density at radius 3 is 2.37 bits per heavy atom. The number of hydrogen-bond donors (Lipinski definition) is 1. The number of carbonyl (C=O) groups is 1. The standard InChI is InChI=1S/C21H22FN3O4S/c1-2-15-5-7-16(8-6-15)14-20-24-25-21(29-20)23-19(26)4-3-13-30(27,28)18-11-9-17(22)10-12-18/h5-12H,2-4,13-14H2,1H3,(H,23,25,26). The van der Waals surface area contributed by atoms with Crippen molar-refractivity contribution in [3.05, 3.63) is 71.4 Å². The van der Waals surface area contributed by atoms with Crippen molar-refractivity contribution in [1.29, 1.82) is 0 Å². The number of anilines is 1. The number of aromatic nitrogens is 2. The molecular weight excluding hydrogens is 409 g/mol. The van der Waals surface area contributed by atoms with E-state index in [4.69, 9.17) is 4.42 Å². The third-order valence-electron chi connectivity index (χ3n) is 4.49. The molecule has 0 aliphatic rings. The van der Waals surface area contributed by atoms with Crippen molar-refractivity contribution < 1.29 is 22.0 Å². The first kappa shape index (κ1) is 21.6.